The van der Waals surface area contributed by atoms with E-state index in [2.05, 4.69) is 27.9 Å². The zero-order valence-corrected chi connectivity index (χ0v) is 32.4. The van der Waals surface area contributed by atoms with Gasteiger partial charge in [-0.05, 0) is 68.1 Å². The van der Waals surface area contributed by atoms with Crippen LogP contribution >= 0.6 is 0 Å². The van der Waals surface area contributed by atoms with Crippen LogP contribution in [0.3, 0.4) is 0 Å². The number of nitrogens with one attached hydrogen (secondary N) is 3. The molecule has 12 nitrogen and oxygen atoms in total. The average molecular weight is 743 g/mol. The molecule has 3 heterocycles. The molecule has 12 heteroatoms. The number of para-hydroxylation sites is 1. The van der Waals surface area contributed by atoms with E-state index >= 15 is 0 Å². The van der Waals surface area contributed by atoms with Gasteiger partial charge >= 0.3 is 0 Å². The quantitative estimate of drug-likeness (QED) is 0.138. The summed E-state index contributed by atoms with van der Waals surface area (Å²) in [7, 11) is 1.57. The van der Waals surface area contributed by atoms with Crippen molar-refractivity contribution in [2.45, 2.75) is 122 Å². The lowest BCUT2D eigenvalue weighted by Gasteiger charge is -2.39. The Bertz CT molecular complexity index is 1740. The standard InChI is InChI=1S/C42H58N6O6/c1-5-29(3)38-42(52)47-24-16-15-23-37(47)41(51)44-34(21-12-8-11-19-32(6-2)43-28-54-27-30-17-9-7-10-18-30)39(49)45-35(40(50)46-38)25-31-26-48(53-4)36-22-14-13-20-33(31)36/h7,9-10,13-14,17-18,20,22,26,29,34-35,37-38H,5-6,8,11-12,15-16,19,21,23-25,27-28H2,1-4H3,(H,44,51)(H,45,49)(H,46,50)/b43-32+/t29?,34-,35-,37+,38-/m0/s1. The van der Waals surface area contributed by atoms with Crippen LogP contribution in [-0.4, -0.2) is 83.5 Å². The van der Waals surface area contributed by atoms with Crippen LogP contribution in [0.1, 0.15) is 96.1 Å². The summed E-state index contributed by atoms with van der Waals surface area (Å²) in [4.78, 5) is 68.4. The zero-order valence-electron chi connectivity index (χ0n) is 32.4. The maximum absolute atomic E-state index is 14.2. The molecule has 3 N–H and O–H groups in total. The number of unbranched alkanes of at least 4 members (excludes halogenated alkanes) is 2. The summed E-state index contributed by atoms with van der Waals surface area (Å²) in [6.07, 6.45) is 9.14. The van der Waals surface area contributed by atoms with Gasteiger partial charge in [0.05, 0.1) is 12.1 Å². The van der Waals surface area contributed by atoms with Crippen LogP contribution in [0.4, 0.5) is 0 Å². The van der Waals surface area contributed by atoms with E-state index in [0.29, 0.717) is 45.6 Å². The highest BCUT2D eigenvalue weighted by molar-refractivity contribution is 5.98. The number of ether oxygens (including phenoxy) is 1. The number of fused-ring (bicyclic) bond motifs is 2. The summed E-state index contributed by atoms with van der Waals surface area (Å²) in [6, 6.07) is 14.3. The number of hydrogen-bond donors (Lipinski definition) is 3. The highest BCUT2D eigenvalue weighted by Crippen LogP contribution is 2.25. The van der Waals surface area contributed by atoms with Crippen molar-refractivity contribution in [3.8, 4) is 0 Å². The lowest BCUT2D eigenvalue weighted by Crippen LogP contribution is -2.64. The Kier molecular flexibility index (Phi) is 15.1. The average Bonchev–Trinajstić information content (AvgIpc) is 3.56. The van der Waals surface area contributed by atoms with E-state index in [1.165, 1.54) is 0 Å². The Labute approximate surface area is 319 Å². The van der Waals surface area contributed by atoms with Gasteiger partial charge in [-0.1, -0.05) is 88.6 Å². The molecular weight excluding hydrogens is 684 g/mol. The van der Waals surface area contributed by atoms with Crippen LogP contribution in [0.15, 0.2) is 65.8 Å². The number of carbonyl (C=O) groups excluding carboxylic acids is 4. The number of nitrogens with zero attached hydrogens (tertiary/aromatic N) is 3. The fourth-order valence-electron chi connectivity index (χ4n) is 7.45. The maximum Gasteiger partial charge on any atom is 0.246 e. The third-order valence-corrected chi connectivity index (χ3v) is 10.9. The van der Waals surface area contributed by atoms with E-state index in [-0.39, 0.29) is 24.2 Å². The van der Waals surface area contributed by atoms with Gasteiger partial charge in [-0.25, -0.2) is 0 Å². The minimum absolute atomic E-state index is 0.164. The van der Waals surface area contributed by atoms with Gasteiger partial charge < -0.3 is 30.4 Å². The minimum Gasteiger partial charge on any atom is -0.417 e. The lowest BCUT2D eigenvalue weighted by molar-refractivity contribution is -0.147. The Morgan fingerprint density at radius 1 is 0.889 bits per heavy atom. The van der Waals surface area contributed by atoms with Crippen molar-refractivity contribution in [3.05, 3.63) is 71.9 Å². The summed E-state index contributed by atoms with van der Waals surface area (Å²) < 4.78 is 7.39. The Morgan fingerprint density at radius 3 is 2.39 bits per heavy atom. The second kappa shape index (κ2) is 20.1. The number of amides is 4. The smallest absolute Gasteiger partial charge is 0.246 e. The molecule has 2 aromatic carbocycles. The Hall–Kier alpha value is -4.71. The molecule has 1 aromatic heterocycles. The fourth-order valence-corrected chi connectivity index (χ4v) is 7.45. The molecule has 0 saturated carbocycles. The van der Waals surface area contributed by atoms with Crippen LogP contribution in [0, 0.1) is 5.92 Å². The number of carbonyl (C=O) groups is 4. The number of aromatic nitrogens is 1. The predicted octanol–water partition coefficient (Wildman–Crippen LogP) is 5.11. The predicted molar refractivity (Wildman–Crippen MR) is 210 cm³/mol. The van der Waals surface area contributed by atoms with Gasteiger partial charge in [-0.2, -0.15) is 4.73 Å². The van der Waals surface area contributed by atoms with Crippen molar-refractivity contribution in [3.63, 3.8) is 0 Å². The van der Waals surface area contributed by atoms with Crippen LogP contribution in [0.25, 0.3) is 10.9 Å². The number of piperidine rings is 1. The first kappa shape index (κ1) is 40.5. The molecule has 4 amide bonds. The summed E-state index contributed by atoms with van der Waals surface area (Å²) in [5, 5.41) is 9.93. The topological polar surface area (TPSA) is 143 Å². The van der Waals surface area contributed by atoms with Gasteiger partial charge in [-0.3, -0.25) is 24.2 Å². The normalized spacial score (nSPS) is 22.1. The molecule has 2 fully saturated rings. The molecule has 0 spiro atoms. The first-order valence-corrected chi connectivity index (χ1v) is 19.7. The van der Waals surface area contributed by atoms with Gasteiger partial charge in [0, 0.05) is 30.3 Å². The Balaban J connectivity index is 1.31. The molecule has 292 valence electrons. The molecule has 2 saturated heterocycles. The highest BCUT2D eigenvalue weighted by atomic mass is 16.6. The monoisotopic (exact) mass is 742 g/mol. The Morgan fingerprint density at radius 2 is 1.63 bits per heavy atom. The first-order valence-electron chi connectivity index (χ1n) is 19.7. The lowest BCUT2D eigenvalue weighted by atomic mass is 9.93. The van der Waals surface area contributed by atoms with Crippen molar-refractivity contribution < 1.29 is 28.8 Å². The van der Waals surface area contributed by atoms with E-state index in [0.717, 1.165) is 66.3 Å². The summed E-state index contributed by atoms with van der Waals surface area (Å²) in [5.74, 6) is -1.62. The van der Waals surface area contributed by atoms with Gasteiger partial charge in [0.2, 0.25) is 23.6 Å². The third kappa shape index (κ3) is 10.5. The largest absolute Gasteiger partial charge is 0.417 e. The SMILES string of the molecule is CC/C(CCCCC[C@@H]1NC(=O)[C@H]2CCCCN2C(=O)[C@H](C(C)CC)NC(=O)[C@H](Cc2cn(OC)c3ccccc23)NC1=O)=N\COCc1ccccc1. The van der Waals surface area contributed by atoms with Crippen molar-refractivity contribution in [2.75, 3.05) is 20.4 Å². The number of rotatable bonds is 16. The van der Waals surface area contributed by atoms with Crippen molar-refractivity contribution in [1.29, 1.82) is 0 Å². The molecule has 5 rings (SSSR count). The van der Waals surface area contributed by atoms with Gasteiger partial charge in [0.25, 0.3) is 0 Å². The van der Waals surface area contributed by atoms with Crippen molar-refractivity contribution in [1.82, 2.24) is 25.6 Å². The molecule has 2 aliphatic heterocycles. The van der Waals surface area contributed by atoms with E-state index in [1.807, 2.05) is 74.6 Å². The molecule has 1 unspecified atom stereocenters. The molecule has 0 bridgehead atoms. The molecular formula is C42H58N6O6. The van der Waals surface area contributed by atoms with Gasteiger partial charge in [0.1, 0.15) is 38.0 Å². The van der Waals surface area contributed by atoms with Crippen LogP contribution in [0.5, 0.6) is 0 Å². The summed E-state index contributed by atoms with van der Waals surface area (Å²) in [6.45, 7) is 7.24. The fraction of sp³-hybridized carbons (Fsp3) is 0.548. The molecule has 5 atom stereocenters. The summed E-state index contributed by atoms with van der Waals surface area (Å²) >= 11 is 0. The van der Waals surface area contributed by atoms with Crippen molar-refractivity contribution in [2.24, 2.45) is 10.9 Å². The van der Waals surface area contributed by atoms with Crippen LogP contribution in [-0.2, 0) is 36.9 Å². The second-order valence-electron chi connectivity index (χ2n) is 14.6. The van der Waals surface area contributed by atoms with E-state index in [9.17, 15) is 19.2 Å². The van der Waals surface area contributed by atoms with Crippen molar-refractivity contribution >= 4 is 40.2 Å². The summed E-state index contributed by atoms with van der Waals surface area (Å²) in [5.41, 5.74) is 3.83. The van der Waals surface area contributed by atoms with E-state index < -0.39 is 36.0 Å². The number of aliphatic imine (C=N–C) groups is 1. The molecule has 0 radical (unpaired) electrons. The maximum atomic E-state index is 14.2. The van der Waals surface area contributed by atoms with Gasteiger partial charge in [-0.15, -0.1) is 0 Å². The molecule has 54 heavy (non-hydrogen) atoms. The van der Waals surface area contributed by atoms with Crippen LogP contribution in [0.2, 0.25) is 0 Å². The number of benzene rings is 2. The first-order chi connectivity index (χ1) is 26.2. The number of hydrogen-bond acceptors (Lipinski definition) is 7. The van der Waals surface area contributed by atoms with E-state index in [4.69, 9.17) is 9.57 Å². The van der Waals surface area contributed by atoms with E-state index in [1.54, 1.807) is 16.7 Å². The molecule has 0 aliphatic carbocycles. The zero-order chi connectivity index (χ0) is 38.5. The third-order valence-electron chi connectivity index (χ3n) is 10.9. The highest BCUT2D eigenvalue weighted by Gasteiger charge is 2.41. The minimum atomic E-state index is -1.00. The second-order valence-corrected chi connectivity index (χ2v) is 14.6. The van der Waals surface area contributed by atoms with Gasteiger partial charge in [0.15, 0.2) is 0 Å². The molecule has 2 aliphatic rings. The van der Waals surface area contributed by atoms with Crippen LogP contribution < -0.4 is 20.8 Å². The molecule has 3 aromatic rings.